The number of carbonyl (C=O) groups excluding carboxylic acids is 1. The molecule has 0 aromatic heterocycles. The lowest BCUT2D eigenvalue weighted by Crippen LogP contribution is -2.27. The van der Waals surface area contributed by atoms with Crippen molar-refractivity contribution in [3.05, 3.63) is 29.3 Å². The van der Waals surface area contributed by atoms with Gasteiger partial charge in [-0.2, -0.15) is 0 Å². The first-order valence-electron chi connectivity index (χ1n) is 7.75. The number of amides is 1. The second-order valence-electron chi connectivity index (χ2n) is 5.72. The van der Waals surface area contributed by atoms with Gasteiger partial charge in [0.1, 0.15) is 0 Å². The predicted molar refractivity (Wildman–Crippen MR) is 95.6 cm³/mol. The van der Waals surface area contributed by atoms with Crippen LogP contribution in [0.2, 0.25) is 5.02 Å². The zero-order chi connectivity index (χ0) is 15.2. The largest absolute Gasteiger partial charge is 0.312 e. The number of halogens is 2. The first-order chi connectivity index (χ1) is 10.1. The topological polar surface area (TPSA) is 44.2 Å². The van der Waals surface area contributed by atoms with Crippen molar-refractivity contribution in [2.75, 3.05) is 11.4 Å². The first kappa shape index (κ1) is 19.0. The Balaban J connectivity index is 0.00000242. The van der Waals surface area contributed by atoms with E-state index in [2.05, 4.69) is 6.92 Å². The summed E-state index contributed by atoms with van der Waals surface area (Å²) in [7, 11) is 0. The molecule has 0 spiro atoms. The molecule has 0 bridgehead atoms. The molecule has 1 aliphatic rings. The third-order valence-corrected chi connectivity index (χ3v) is 4.28. The van der Waals surface area contributed by atoms with Crippen LogP contribution in [0.4, 0.5) is 5.69 Å². The molecule has 0 radical (unpaired) electrons. The van der Waals surface area contributed by atoms with Crippen LogP contribution in [-0.2, 0) is 4.79 Å². The highest BCUT2D eigenvalue weighted by Gasteiger charge is 2.32. The molecule has 1 fully saturated rings. The summed E-state index contributed by atoms with van der Waals surface area (Å²) in [5, 5.41) is 8.71. The minimum atomic E-state index is -0.0187. The molecule has 0 saturated carbocycles. The van der Waals surface area contributed by atoms with Gasteiger partial charge in [-0.05, 0) is 49.9 Å². The zero-order valence-corrected chi connectivity index (χ0v) is 14.6. The highest BCUT2D eigenvalue weighted by Crippen LogP contribution is 2.28. The smallest absolute Gasteiger partial charge is 0.230 e. The fourth-order valence-electron chi connectivity index (χ4n) is 2.79. The number of unbranched alkanes of at least 4 members (excludes halogenated alkanes) is 2. The molecule has 1 N–H and O–H groups in total. The van der Waals surface area contributed by atoms with Gasteiger partial charge in [0.05, 0.1) is 0 Å². The number of benzene rings is 1. The van der Waals surface area contributed by atoms with Crippen molar-refractivity contribution >= 4 is 41.3 Å². The van der Waals surface area contributed by atoms with Crippen molar-refractivity contribution in [3.8, 4) is 0 Å². The van der Waals surface area contributed by atoms with Crippen LogP contribution in [0, 0.1) is 11.3 Å². The van der Waals surface area contributed by atoms with Gasteiger partial charge < -0.3 is 10.3 Å². The van der Waals surface area contributed by atoms with Gasteiger partial charge in [0.15, 0.2) is 0 Å². The summed E-state index contributed by atoms with van der Waals surface area (Å²) in [6.45, 7) is 2.90. The number of rotatable bonds is 7. The molecule has 1 heterocycles. The van der Waals surface area contributed by atoms with Crippen LogP contribution in [0.5, 0.6) is 0 Å². The molecule has 1 saturated heterocycles. The van der Waals surface area contributed by atoms with Crippen LogP contribution >= 0.6 is 24.0 Å². The lowest BCUT2D eigenvalue weighted by molar-refractivity contribution is -0.120. The minimum absolute atomic E-state index is 0. The molecular formula is C17H24Cl2N2O. The summed E-state index contributed by atoms with van der Waals surface area (Å²) in [5.41, 5.74) is 1.63. The predicted octanol–water partition coefficient (Wildman–Crippen LogP) is 5.10. The van der Waals surface area contributed by atoms with E-state index in [0.717, 1.165) is 43.6 Å². The van der Waals surface area contributed by atoms with Crippen molar-refractivity contribution < 1.29 is 4.79 Å². The maximum atomic E-state index is 12.5. The molecule has 1 aliphatic heterocycles. The molecule has 0 unspecified atom stereocenters. The molecule has 122 valence electrons. The van der Waals surface area contributed by atoms with Crippen molar-refractivity contribution in [1.29, 1.82) is 5.41 Å². The third kappa shape index (κ3) is 4.99. The number of nitrogens with zero attached hydrogens (tertiary/aromatic N) is 1. The van der Waals surface area contributed by atoms with E-state index in [4.69, 9.17) is 17.0 Å². The summed E-state index contributed by atoms with van der Waals surface area (Å²) in [6.07, 6.45) is 5.69. The number of hydrogen-bond acceptors (Lipinski definition) is 2. The number of carbonyl (C=O) groups is 1. The summed E-state index contributed by atoms with van der Waals surface area (Å²) < 4.78 is 0. The van der Waals surface area contributed by atoms with E-state index < -0.39 is 0 Å². The van der Waals surface area contributed by atoms with E-state index in [1.54, 1.807) is 0 Å². The van der Waals surface area contributed by atoms with Crippen LogP contribution < -0.4 is 4.90 Å². The normalized spacial score (nSPS) is 17.5. The molecule has 1 atom stereocenters. The minimum Gasteiger partial charge on any atom is -0.312 e. The summed E-state index contributed by atoms with van der Waals surface area (Å²) >= 11 is 5.88. The van der Waals surface area contributed by atoms with Gasteiger partial charge in [-0.15, -0.1) is 12.4 Å². The fourth-order valence-corrected chi connectivity index (χ4v) is 2.92. The maximum Gasteiger partial charge on any atom is 0.230 e. The SMILES string of the molecule is CCCCCC(=N)C[C@H]1CCN(c2ccc(Cl)cc2)C1=O.Cl. The second kappa shape index (κ2) is 9.16. The summed E-state index contributed by atoms with van der Waals surface area (Å²) in [5.74, 6) is 0.132. The van der Waals surface area contributed by atoms with Gasteiger partial charge in [-0.25, -0.2) is 0 Å². The van der Waals surface area contributed by atoms with Crippen molar-refractivity contribution in [2.24, 2.45) is 5.92 Å². The van der Waals surface area contributed by atoms with Gasteiger partial charge in [0, 0.05) is 28.9 Å². The quantitative estimate of drug-likeness (QED) is 0.543. The molecule has 3 nitrogen and oxygen atoms in total. The summed E-state index contributed by atoms with van der Waals surface area (Å²) in [6, 6.07) is 7.39. The van der Waals surface area contributed by atoms with Gasteiger partial charge in [-0.1, -0.05) is 31.4 Å². The van der Waals surface area contributed by atoms with Gasteiger partial charge in [0.2, 0.25) is 5.91 Å². The number of anilines is 1. The Hall–Kier alpha value is -1.06. The van der Waals surface area contributed by atoms with Crippen LogP contribution in [0.1, 0.15) is 45.4 Å². The molecular weight excluding hydrogens is 319 g/mol. The standard InChI is InChI=1S/C17H23ClN2O.ClH/c1-2-3-4-5-15(19)12-13-10-11-20(17(13)21)16-8-6-14(18)7-9-16;/h6-9,13,19H,2-5,10-12H2,1H3;1H/t13-;/m1./s1. The Labute approximate surface area is 144 Å². The van der Waals surface area contributed by atoms with Gasteiger partial charge in [-0.3, -0.25) is 4.79 Å². The molecule has 1 amide bonds. The fraction of sp³-hybridized carbons (Fsp3) is 0.529. The second-order valence-corrected chi connectivity index (χ2v) is 6.15. The Morgan fingerprint density at radius 1 is 1.32 bits per heavy atom. The number of hydrogen-bond donors (Lipinski definition) is 1. The molecule has 22 heavy (non-hydrogen) atoms. The summed E-state index contributed by atoms with van der Waals surface area (Å²) in [4.78, 5) is 14.3. The van der Waals surface area contributed by atoms with Crippen molar-refractivity contribution in [1.82, 2.24) is 0 Å². The van der Waals surface area contributed by atoms with E-state index in [1.807, 2.05) is 29.2 Å². The van der Waals surface area contributed by atoms with Crippen LogP contribution in [0.3, 0.4) is 0 Å². The molecule has 1 aromatic rings. The van der Waals surface area contributed by atoms with Crippen LogP contribution in [0.15, 0.2) is 24.3 Å². The van der Waals surface area contributed by atoms with E-state index in [-0.39, 0.29) is 24.2 Å². The van der Waals surface area contributed by atoms with Gasteiger partial charge >= 0.3 is 0 Å². The van der Waals surface area contributed by atoms with E-state index in [1.165, 1.54) is 6.42 Å². The third-order valence-electron chi connectivity index (χ3n) is 4.03. The Kier molecular flexibility index (Phi) is 7.91. The highest BCUT2D eigenvalue weighted by atomic mass is 35.5. The van der Waals surface area contributed by atoms with Crippen molar-refractivity contribution in [3.63, 3.8) is 0 Å². The van der Waals surface area contributed by atoms with E-state index >= 15 is 0 Å². The Bertz CT molecular complexity index is 502. The molecule has 2 rings (SSSR count). The zero-order valence-electron chi connectivity index (χ0n) is 13.0. The van der Waals surface area contributed by atoms with Crippen molar-refractivity contribution in [2.45, 2.75) is 45.4 Å². The van der Waals surface area contributed by atoms with Crippen LogP contribution in [0.25, 0.3) is 0 Å². The monoisotopic (exact) mass is 342 g/mol. The van der Waals surface area contributed by atoms with Gasteiger partial charge in [0.25, 0.3) is 0 Å². The first-order valence-corrected chi connectivity index (χ1v) is 8.13. The molecule has 5 heteroatoms. The Morgan fingerprint density at radius 3 is 2.64 bits per heavy atom. The Morgan fingerprint density at radius 2 is 2.00 bits per heavy atom. The lowest BCUT2D eigenvalue weighted by atomic mass is 9.97. The number of nitrogens with one attached hydrogen (secondary N) is 1. The average Bonchev–Trinajstić information content (AvgIpc) is 2.82. The molecule has 1 aromatic carbocycles. The van der Waals surface area contributed by atoms with Crippen LogP contribution in [-0.4, -0.2) is 18.2 Å². The maximum absolute atomic E-state index is 12.5. The van der Waals surface area contributed by atoms with E-state index in [0.29, 0.717) is 11.4 Å². The average molecular weight is 343 g/mol. The lowest BCUT2D eigenvalue weighted by Gasteiger charge is -2.17. The highest BCUT2D eigenvalue weighted by molar-refractivity contribution is 6.30. The molecule has 0 aliphatic carbocycles. The van der Waals surface area contributed by atoms with E-state index in [9.17, 15) is 4.79 Å².